The first-order chi connectivity index (χ1) is 9.19. The number of rotatable bonds is 9. The van der Waals surface area contributed by atoms with Crippen molar-refractivity contribution >= 4 is 17.6 Å². The number of anilines is 1. The lowest BCUT2D eigenvalue weighted by molar-refractivity contribution is 0.657. The summed E-state index contributed by atoms with van der Waals surface area (Å²) in [6.45, 7) is 6.44. The van der Waals surface area contributed by atoms with Gasteiger partial charge in [0.25, 0.3) is 0 Å². The van der Waals surface area contributed by atoms with Crippen LogP contribution in [-0.4, -0.2) is 36.6 Å². The quantitative estimate of drug-likeness (QED) is 0.704. The van der Waals surface area contributed by atoms with Crippen molar-refractivity contribution in [2.75, 3.05) is 30.5 Å². The minimum Gasteiger partial charge on any atom is -0.357 e. The summed E-state index contributed by atoms with van der Waals surface area (Å²) in [6, 6.07) is 4.81. The third-order valence-electron chi connectivity index (χ3n) is 3.33. The molecule has 19 heavy (non-hydrogen) atoms. The molecule has 4 heteroatoms. The Morgan fingerprint density at radius 3 is 2.95 bits per heavy atom. The Balaban J connectivity index is 2.58. The number of aromatic nitrogens is 1. The van der Waals surface area contributed by atoms with Crippen LogP contribution in [0.4, 0.5) is 5.82 Å². The monoisotopic (exact) mass is 281 g/mol. The second-order valence-electron chi connectivity index (χ2n) is 4.94. The van der Waals surface area contributed by atoms with Crippen LogP contribution in [0.1, 0.15) is 32.3 Å². The summed E-state index contributed by atoms with van der Waals surface area (Å²) in [5, 5.41) is 3.43. The fourth-order valence-electron chi connectivity index (χ4n) is 1.88. The highest BCUT2D eigenvalue weighted by Crippen LogP contribution is 2.16. The molecule has 0 saturated heterocycles. The zero-order chi connectivity index (χ0) is 14.1. The number of thioether (sulfide) groups is 1. The molecule has 3 nitrogen and oxygen atoms in total. The van der Waals surface area contributed by atoms with Crippen molar-refractivity contribution in [3.8, 4) is 0 Å². The van der Waals surface area contributed by atoms with Crippen LogP contribution in [0.25, 0.3) is 0 Å². The summed E-state index contributed by atoms with van der Waals surface area (Å²) in [5.74, 6) is 2.27. The van der Waals surface area contributed by atoms with E-state index < -0.39 is 0 Å². The van der Waals surface area contributed by atoms with E-state index in [1.807, 2.05) is 18.0 Å². The highest BCUT2D eigenvalue weighted by Gasteiger charge is 2.11. The van der Waals surface area contributed by atoms with E-state index in [9.17, 15) is 0 Å². The van der Waals surface area contributed by atoms with Gasteiger partial charge >= 0.3 is 0 Å². The maximum atomic E-state index is 4.49. The van der Waals surface area contributed by atoms with E-state index in [0.717, 1.165) is 18.9 Å². The number of hydrogen-bond donors (Lipinski definition) is 1. The van der Waals surface area contributed by atoms with E-state index in [0.29, 0.717) is 6.04 Å². The minimum atomic E-state index is 0.527. The predicted molar refractivity (Wildman–Crippen MR) is 87.1 cm³/mol. The van der Waals surface area contributed by atoms with E-state index >= 15 is 0 Å². The molecule has 1 N–H and O–H groups in total. The molecular formula is C15H27N3S. The number of pyridine rings is 1. The van der Waals surface area contributed by atoms with Crippen LogP contribution >= 0.6 is 11.8 Å². The van der Waals surface area contributed by atoms with Crippen LogP contribution in [0, 0.1) is 0 Å². The van der Waals surface area contributed by atoms with Gasteiger partial charge in [0.2, 0.25) is 0 Å². The smallest absolute Gasteiger partial charge is 0.128 e. The first-order valence-electron chi connectivity index (χ1n) is 7.06. The van der Waals surface area contributed by atoms with E-state index in [1.54, 1.807) is 0 Å². The third-order valence-corrected chi connectivity index (χ3v) is 3.97. The summed E-state index contributed by atoms with van der Waals surface area (Å²) in [4.78, 5) is 6.77. The van der Waals surface area contributed by atoms with Crippen LogP contribution in [0.2, 0.25) is 0 Å². The van der Waals surface area contributed by atoms with Crippen LogP contribution < -0.4 is 10.2 Å². The molecule has 0 aliphatic heterocycles. The second-order valence-corrected chi connectivity index (χ2v) is 5.93. The van der Waals surface area contributed by atoms with Crippen LogP contribution in [0.15, 0.2) is 18.3 Å². The zero-order valence-corrected chi connectivity index (χ0v) is 13.5. The van der Waals surface area contributed by atoms with Gasteiger partial charge in [-0.1, -0.05) is 6.92 Å². The lowest BCUT2D eigenvalue weighted by Crippen LogP contribution is -2.30. The van der Waals surface area contributed by atoms with E-state index in [1.165, 1.54) is 24.2 Å². The molecule has 1 aromatic rings. The third kappa shape index (κ3) is 5.83. The second kappa shape index (κ2) is 9.21. The SMILES string of the molecule is CCCNCc1ccnc(N(C)C(C)CCSC)c1. The van der Waals surface area contributed by atoms with Gasteiger partial charge in [-0.3, -0.25) is 0 Å². The molecular weight excluding hydrogens is 254 g/mol. The Hall–Kier alpha value is -0.740. The summed E-state index contributed by atoms with van der Waals surface area (Å²) < 4.78 is 0. The summed E-state index contributed by atoms with van der Waals surface area (Å²) in [6.07, 6.45) is 6.43. The summed E-state index contributed by atoms with van der Waals surface area (Å²) in [7, 11) is 2.14. The maximum Gasteiger partial charge on any atom is 0.128 e. The molecule has 1 atom stereocenters. The van der Waals surface area contributed by atoms with Gasteiger partial charge in [-0.15, -0.1) is 0 Å². The Bertz CT molecular complexity index is 357. The molecule has 0 aliphatic rings. The van der Waals surface area contributed by atoms with Gasteiger partial charge in [0, 0.05) is 25.8 Å². The lowest BCUT2D eigenvalue weighted by atomic mass is 10.2. The normalized spacial score (nSPS) is 12.4. The van der Waals surface area contributed by atoms with Gasteiger partial charge in [-0.2, -0.15) is 11.8 Å². The number of nitrogens with zero attached hydrogens (tertiary/aromatic N) is 2. The van der Waals surface area contributed by atoms with Crippen LogP contribution in [0.5, 0.6) is 0 Å². The Labute approximate surface area is 122 Å². The summed E-state index contributed by atoms with van der Waals surface area (Å²) in [5.41, 5.74) is 1.31. The molecule has 1 rings (SSSR count). The number of hydrogen-bond acceptors (Lipinski definition) is 4. The minimum absolute atomic E-state index is 0.527. The molecule has 0 saturated carbocycles. The maximum absolute atomic E-state index is 4.49. The van der Waals surface area contributed by atoms with E-state index in [-0.39, 0.29) is 0 Å². The highest BCUT2D eigenvalue weighted by atomic mass is 32.2. The molecule has 0 amide bonds. The highest BCUT2D eigenvalue weighted by molar-refractivity contribution is 7.98. The molecule has 0 spiro atoms. The molecule has 0 aromatic carbocycles. The Morgan fingerprint density at radius 2 is 2.26 bits per heavy atom. The fraction of sp³-hybridized carbons (Fsp3) is 0.667. The lowest BCUT2D eigenvalue weighted by Gasteiger charge is -2.26. The number of nitrogens with one attached hydrogen (secondary N) is 1. The largest absolute Gasteiger partial charge is 0.357 e. The van der Waals surface area contributed by atoms with Gasteiger partial charge in [0.05, 0.1) is 0 Å². The van der Waals surface area contributed by atoms with Crippen molar-refractivity contribution in [3.63, 3.8) is 0 Å². The molecule has 0 aliphatic carbocycles. The van der Waals surface area contributed by atoms with Crippen molar-refractivity contribution in [1.82, 2.24) is 10.3 Å². The van der Waals surface area contributed by atoms with Gasteiger partial charge in [0.1, 0.15) is 5.82 Å². The fourth-order valence-corrected chi connectivity index (χ4v) is 2.46. The van der Waals surface area contributed by atoms with Gasteiger partial charge in [-0.05, 0) is 56.0 Å². The first-order valence-corrected chi connectivity index (χ1v) is 8.45. The average Bonchev–Trinajstić information content (AvgIpc) is 2.44. The van der Waals surface area contributed by atoms with Gasteiger partial charge < -0.3 is 10.2 Å². The Morgan fingerprint density at radius 1 is 1.47 bits per heavy atom. The van der Waals surface area contributed by atoms with Crippen LogP contribution in [-0.2, 0) is 6.54 Å². The van der Waals surface area contributed by atoms with Gasteiger partial charge in [-0.25, -0.2) is 4.98 Å². The van der Waals surface area contributed by atoms with E-state index in [2.05, 4.69) is 54.5 Å². The van der Waals surface area contributed by atoms with Crippen molar-refractivity contribution in [1.29, 1.82) is 0 Å². The predicted octanol–water partition coefficient (Wildman–Crippen LogP) is 3.16. The van der Waals surface area contributed by atoms with Crippen molar-refractivity contribution in [2.45, 2.75) is 39.3 Å². The first kappa shape index (κ1) is 16.3. The standard InChI is InChI=1S/C15H27N3S/c1-5-8-16-12-14-6-9-17-15(11-14)18(3)13(2)7-10-19-4/h6,9,11,13,16H,5,7-8,10,12H2,1-4H3. The van der Waals surface area contributed by atoms with Crippen molar-refractivity contribution in [2.24, 2.45) is 0 Å². The van der Waals surface area contributed by atoms with Crippen molar-refractivity contribution in [3.05, 3.63) is 23.9 Å². The topological polar surface area (TPSA) is 28.2 Å². The summed E-state index contributed by atoms with van der Waals surface area (Å²) >= 11 is 1.90. The average molecular weight is 281 g/mol. The van der Waals surface area contributed by atoms with E-state index in [4.69, 9.17) is 0 Å². The molecule has 1 aromatic heterocycles. The molecule has 0 bridgehead atoms. The van der Waals surface area contributed by atoms with Crippen LogP contribution in [0.3, 0.4) is 0 Å². The molecule has 0 fully saturated rings. The van der Waals surface area contributed by atoms with Crippen molar-refractivity contribution < 1.29 is 0 Å². The molecule has 1 heterocycles. The zero-order valence-electron chi connectivity index (χ0n) is 12.6. The Kier molecular flexibility index (Phi) is 7.91. The molecule has 0 radical (unpaired) electrons. The molecule has 1 unspecified atom stereocenters. The molecule has 108 valence electrons. The van der Waals surface area contributed by atoms with Gasteiger partial charge in [0.15, 0.2) is 0 Å².